The number of hydrogen-bond acceptors (Lipinski definition) is 3. The van der Waals surface area contributed by atoms with Crippen molar-refractivity contribution < 1.29 is 9.18 Å². The lowest BCUT2D eigenvalue weighted by Crippen LogP contribution is -2.46. The fourth-order valence-corrected chi connectivity index (χ4v) is 2.03. The van der Waals surface area contributed by atoms with Crippen molar-refractivity contribution in [2.24, 2.45) is 0 Å². The van der Waals surface area contributed by atoms with Crippen LogP contribution in [-0.4, -0.2) is 43.5 Å². The number of anilines is 1. The van der Waals surface area contributed by atoms with Gasteiger partial charge in [-0.15, -0.1) is 0 Å². The van der Waals surface area contributed by atoms with Gasteiger partial charge < -0.3 is 10.6 Å². The predicted molar refractivity (Wildman–Crippen MR) is 69.1 cm³/mol. The minimum Gasteiger partial charge on any atom is -0.325 e. The summed E-state index contributed by atoms with van der Waals surface area (Å²) in [5, 5.41) is 6.05. The third-order valence-corrected chi connectivity index (χ3v) is 3.04. The minimum absolute atomic E-state index is 0.0494. The van der Waals surface area contributed by atoms with Crippen molar-refractivity contribution in [1.82, 2.24) is 10.2 Å². The number of carbonyl (C=O) groups is 1. The van der Waals surface area contributed by atoms with E-state index in [1.807, 2.05) is 0 Å². The van der Waals surface area contributed by atoms with E-state index in [0.717, 1.165) is 31.7 Å². The normalized spacial score (nSPS) is 16.6. The molecule has 0 bridgehead atoms. The molecule has 1 fully saturated rings. The average molecular weight is 251 g/mol. The molecule has 1 heterocycles. The third-order valence-electron chi connectivity index (χ3n) is 3.04. The zero-order chi connectivity index (χ0) is 13.0. The van der Waals surface area contributed by atoms with Crippen LogP contribution >= 0.6 is 0 Å². The standard InChI is InChI=1S/C13H18FN3O/c1-10-8-11(14)2-3-12(10)16-13(18)9-17-6-4-15-5-7-17/h2-3,8,15H,4-7,9H2,1H3,(H,16,18). The van der Waals surface area contributed by atoms with Gasteiger partial charge in [-0.3, -0.25) is 9.69 Å². The van der Waals surface area contributed by atoms with Crippen LogP contribution < -0.4 is 10.6 Å². The van der Waals surface area contributed by atoms with Crippen molar-refractivity contribution in [2.75, 3.05) is 38.0 Å². The highest BCUT2D eigenvalue weighted by atomic mass is 19.1. The molecule has 5 heteroatoms. The highest BCUT2D eigenvalue weighted by molar-refractivity contribution is 5.92. The van der Waals surface area contributed by atoms with Crippen LogP contribution in [0.5, 0.6) is 0 Å². The van der Waals surface area contributed by atoms with E-state index in [2.05, 4.69) is 15.5 Å². The number of hydrogen-bond donors (Lipinski definition) is 2. The van der Waals surface area contributed by atoms with Crippen molar-refractivity contribution in [2.45, 2.75) is 6.92 Å². The molecular formula is C13H18FN3O. The lowest BCUT2D eigenvalue weighted by atomic mass is 10.2. The zero-order valence-corrected chi connectivity index (χ0v) is 10.5. The maximum atomic E-state index is 12.9. The summed E-state index contributed by atoms with van der Waals surface area (Å²) in [5.74, 6) is -0.334. The van der Waals surface area contributed by atoms with Gasteiger partial charge in [0.05, 0.1) is 6.54 Å². The quantitative estimate of drug-likeness (QED) is 0.841. The molecule has 0 saturated carbocycles. The Morgan fingerprint density at radius 2 is 2.17 bits per heavy atom. The van der Waals surface area contributed by atoms with Crippen molar-refractivity contribution >= 4 is 11.6 Å². The molecule has 0 spiro atoms. The first-order valence-corrected chi connectivity index (χ1v) is 6.14. The van der Waals surface area contributed by atoms with Crippen LogP contribution in [0.15, 0.2) is 18.2 Å². The van der Waals surface area contributed by atoms with Gasteiger partial charge in [0.1, 0.15) is 5.82 Å². The van der Waals surface area contributed by atoms with Gasteiger partial charge in [-0.2, -0.15) is 0 Å². The second-order valence-electron chi connectivity index (χ2n) is 4.53. The van der Waals surface area contributed by atoms with Crippen molar-refractivity contribution in [1.29, 1.82) is 0 Å². The lowest BCUT2D eigenvalue weighted by molar-refractivity contribution is -0.117. The van der Waals surface area contributed by atoms with Crippen LogP contribution in [0.25, 0.3) is 0 Å². The summed E-state index contributed by atoms with van der Waals surface area (Å²) in [6.45, 7) is 5.78. The zero-order valence-electron chi connectivity index (χ0n) is 10.5. The first kappa shape index (κ1) is 13.0. The monoisotopic (exact) mass is 251 g/mol. The third kappa shape index (κ3) is 3.51. The number of amides is 1. The Morgan fingerprint density at radius 3 is 2.83 bits per heavy atom. The van der Waals surface area contributed by atoms with Crippen LogP contribution in [0.4, 0.5) is 10.1 Å². The van der Waals surface area contributed by atoms with E-state index >= 15 is 0 Å². The van der Waals surface area contributed by atoms with Gasteiger partial charge in [0, 0.05) is 31.9 Å². The molecule has 98 valence electrons. The number of aryl methyl sites for hydroxylation is 1. The molecule has 1 aliphatic rings. The number of carbonyl (C=O) groups excluding carboxylic acids is 1. The van der Waals surface area contributed by atoms with Crippen LogP contribution in [0.1, 0.15) is 5.56 Å². The Kier molecular flexibility index (Phi) is 4.28. The van der Waals surface area contributed by atoms with Gasteiger partial charge in [-0.25, -0.2) is 4.39 Å². The number of halogens is 1. The Labute approximate surface area is 106 Å². The molecule has 0 aromatic heterocycles. The highest BCUT2D eigenvalue weighted by Crippen LogP contribution is 2.15. The molecule has 0 unspecified atom stereocenters. The Balaban J connectivity index is 1.90. The van der Waals surface area contributed by atoms with Gasteiger partial charge in [-0.05, 0) is 30.7 Å². The first-order valence-electron chi connectivity index (χ1n) is 6.14. The van der Waals surface area contributed by atoms with Crippen molar-refractivity contribution in [3.8, 4) is 0 Å². The van der Waals surface area contributed by atoms with E-state index < -0.39 is 0 Å². The Bertz CT molecular complexity index is 430. The van der Waals surface area contributed by atoms with E-state index in [1.165, 1.54) is 12.1 Å². The average Bonchev–Trinajstić information content (AvgIpc) is 2.34. The smallest absolute Gasteiger partial charge is 0.238 e. The molecule has 18 heavy (non-hydrogen) atoms. The summed E-state index contributed by atoms with van der Waals surface area (Å²) in [6.07, 6.45) is 0. The molecule has 0 atom stereocenters. The van der Waals surface area contributed by atoms with Gasteiger partial charge in [-0.1, -0.05) is 0 Å². The Hall–Kier alpha value is -1.46. The molecule has 2 N–H and O–H groups in total. The molecule has 1 saturated heterocycles. The molecule has 1 aromatic carbocycles. The molecule has 0 radical (unpaired) electrons. The van der Waals surface area contributed by atoms with Gasteiger partial charge >= 0.3 is 0 Å². The van der Waals surface area contributed by atoms with E-state index in [0.29, 0.717) is 12.2 Å². The summed E-state index contributed by atoms with van der Waals surface area (Å²) < 4.78 is 12.9. The molecule has 0 aliphatic carbocycles. The summed E-state index contributed by atoms with van der Waals surface area (Å²) in [4.78, 5) is 14.0. The number of benzene rings is 1. The van der Waals surface area contributed by atoms with Crippen LogP contribution in [0.2, 0.25) is 0 Å². The maximum Gasteiger partial charge on any atom is 0.238 e. The largest absolute Gasteiger partial charge is 0.325 e. The summed E-state index contributed by atoms with van der Waals surface area (Å²) in [6, 6.07) is 4.37. The molecule has 4 nitrogen and oxygen atoms in total. The lowest BCUT2D eigenvalue weighted by Gasteiger charge is -2.26. The minimum atomic E-state index is -0.285. The molecule has 2 rings (SSSR count). The number of piperazine rings is 1. The van der Waals surface area contributed by atoms with E-state index in [-0.39, 0.29) is 11.7 Å². The molecular weight excluding hydrogens is 233 g/mol. The van der Waals surface area contributed by atoms with Crippen LogP contribution in [0, 0.1) is 12.7 Å². The Morgan fingerprint density at radius 1 is 1.44 bits per heavy atom. The highest BCUT2D eigenvalue weighted by Gasteiger charge is 2.14. The van der Waals surface area contributed by atoms with E-state index in [4.69, 9.17) is 0 Å². The van der Waals surface area contributed by atoms with Crippen LogP contribution in [-0.2, 0) is 4.79 Å². The maximum absolute atomic E-state index is 12.9. The number of rotatable bonds is 3. The summed E-state index contributed by atoms with van der Waals surface area (Å²) in [5.41, 5.74) is 1.42. The molecule has 1 amide bonds. The molecule has 1 aromatic rings. The topological polar surface area (TPSA) is 44.4 Å². The van der Waals surface area contributed by atoms with Gasteiger partial charge in [0.2, 0.25) is 5.91 Å². The fourth-order valence-electron chi connectivity index (χ4n) is 2.03. The number of nitrogens with one attached hydrogen (secondary N) is 2. The van der Waals surface area contributed by atoms with Crippen LogP contribution in [0.3, 0.4) is 0 Å². The van der Waals surface area contributed by atoms with Crippen molar-refractivity contribution in [3.63, 3.8) is 0 Å². The summed E-state index contributed by atoms with van der Waals surface area (Å²) >= 11 is 0. The molecule has 1 aliphatic heterocycles. The number of nitrogens with zero attached hydrogens (tertiary/aromatic N) is 1. The van der Waals surface area contributed by atoms with Crippen molar-refractivity contribution in [3.05, 3.63) is 29.6 Å². The van der Waals surface area contributed by atoms with Gasteiger partial charge in [0.25, 0.3) is 0 Å². The predicted octanol–water partition coefficient (Wildman–Crippen LogP) is 0.978. The summed E-state index contributed by atoms with van der Waals surface area (Å²) in [7, 11) is 0. The van der Waals surface area contributed by atoms with E-state index in [9.17, 15) is 9.18 Å². The van der Waals surface area contributed by atoms with E-state index in [1.54, 1.807) is 13.0 Å². The van der Waals surface area contributed by atoms with Gasteiger partial charge in [0.15, 0.2) is 0 Å². The second kappa shape index (κ2) is 5.93. The second-order valence-corrected chi connectivity index (χ2v) is 4.53. The first-order chi connectivity index (χ1) is 8.65. The SMILES string of the molecule is Cc1cc(F)ccc1NC(=O)CN1CCNCC1. The fraction of sp³-hybridized carbons (Fsp3) is 0.462.